The predicted molar refractivity (Wildman–Crippen MR) is 148 cm³/mol. The van der Waals surface area contributed by atoms with Crippen molar-refractivity contribution in [1.82, 2.24) is 0 Å². The fourth-order valence-electron chi connectivity index (χ4n) is 2.39. The highest BCUT2D eigenvalue weighted by atomic mass is 14.0. The standard InChI is InChI=1S/C12H10.C10H8.4C2H6.CH4/c1-3-7-11(8-4-1)12-9-5-2-6-10-12;1-2-6-10-8-4-3-7-9(10)5-1;4*1-2;/h1-10H;1-8H;4*1-2H3;1H4. The van der Waals surface area contributed by atoms with Crippen LogP contribution in [0.3, 0.4) is 0 Å². The van der Waals surface area contributed by atoms with Gasteiger partial charge in [0.1, 0.15) is 0 Å². The van der Waals surface area contributed by atoms with Crippen LogP contribution >= 0.6 is 0 Å². The van der Waals surface area contributed by atoms with Crippen LogP contribution in [0.1, 0.15) is 62.8 Å². The van der Waals surface area contributed by atoms with Crippen LogP contribution in [0.2, 0.25) is 0 Å². The van der Waals surface area contributed by atoms with Crippen LogP contribution in [0.5, 0.6) is 0 Å². The van der Waals surface area contributed by atoms with Crippen LogP contribution in [-0.2, 0) is 0 Å². The SMILES string of the molecule is C.CC.CC.CC.CC.c1ccc(-c2ccccc2)cc1.c1ccc2ccccc2c1. The minimum atomic E-state index is 0. The summed E-state index contributed by atoms with van der Waals surface area (Å²) in [6.45, 7) is 16.0. The molecule has 4 aromatic carbocycles. The molecule has 0 aliphatic carbocycles. The Labute approximate surface area is 194 Å². The van der Waals surface area contributed by atoms with E-state index in [0.717, 1.165) is 0 Å². The van der Waals surface area contributed by atoms with Crippen LogP contribution in [0.25, 0.3) is 21.9 Å². The summed E-state index contributed by atoms with van der Waals surface area (Å²) in [5.41, 5.74) is 2.55. The molecule has 0 radical (unpaired) electrons. The molecule has 0 atom stereocenters. The zero-order valence-corrected chi connectivity index (χ0v) is 20.4. The predicted octanol–water partition coefficient (Wildman–Crippen LogP) is 10.9. The topological polar surface area (TPSA) is 0 Å². The Balaban J connectivity index is -0.000000377. The van der Waals surface area contributed by atoms with Gasteiger partial charge < -0.3 is 0 Å². The molecule has 0 nitrogen and oxygen atoms in total. The van der Waals surface area contributed by atoms with Crippen LogP contribution in [-0.4, -0.2) is 0 Å². The molecule has 170 valence electrons. The lowest BCUT2D eigenvalue weighted by Gasteiger charge is -1.98. The van der Waals surface area contributed by atoms with E-state index in [2.05, 4.69) is 97.1 Å². The Morgan fingerprint density at radius 2 is 0.484 bits per heavy atom. The molecular weight excluding hydrogens is 372 g/mol. The van der Waals surface area contributed by atoms with Crippen LogP contribution in [0.4, 0.5) is 0 Å². The van der Waals surface area contributed by atoms with E-state index in [0.29, 0.717) is 0 Å². The number of hydrogen-bond acceptors (Lipinski definition) is 0. The summed E-state index contributed by atoms with van der Waals surface area (Å²) in [5.74, 6) is 0. The maximum absolute atomic E-state index is 2.12. The minimum absolute atomic E-state index is 0. The molecule has 0 N–H and O–H groups in total. The van der Waals surface area contributed by atoms with Gasteiger partial charge in [0.25, 0.3) is 0 Å². The normalized spacial score (nSPS) is 7.74. The third-order valence-electron chi connectivity index (χ3n) is 3.54. The summed E-state index contributed by atoms with van der Waals surface area (Å²) in [5, 5.41) is 2.62. The van der Waals surface area contributed by atoms with Crippen molar-refractivity contribution in [3.05, 3.63) is 109 Å². The fourth-order valence-corrected chi connectivity index (χ4v) is 2.39. The number of benzene rings is 4. The first-order valence-corrected chi connectivity index (χ1v) is 11.5. The molecule has 0 amide bonds. The van der Waals surface area contributed by atoms with Crippen molar-refractivity contribution in [2.75, 3.05) is 0 Å². The summed E-state index contributed by atoms with van der Waals surface area (Å²) in [6.07, 6.45) is 0. The Kier molecular flexibility index (Phi) is 26.6. The second-order valence-corrected chi connectivity index (χ2v) is 5.08. The highest BCUT2D eigenvalue weighted by Crippen LogP contribution is 2.17. The molecule has 0 unspecified atom stereocenters. The van der Waals surface area contributed by atoms with Crippen LogP contribution in [0, 0.1) is 0 Å². The van der Waals surface area contributed by atoms with Crippen molar-refractivity contribution < 1.29 is 0 Å². The summed E-state index contributed by atoms with van der Waals surface area (Å²) in [4.78, 5) is 0. The first-order chi connectivity index (χ1) is 14.9. The number of fused-ring (bicyclic) bond motifs is 1. The van der Waals surface area contributed by atoms with Gasteiger partial charge in [-0.05, 0) is 21.9 Å². The van der Waals surface area contributed by atoms with E-state index < -0.39 is 0 Å². The van der Waals surface area contributed by atoms with Crippen molar-refractivity contribution >= 4 is 10.8 Å². The first kappa shape index (κ1) is 32.8. The lowest BCUT2D eigenvalue weighted by molar-refractivity contribution is 1.50. The van der Waals surface area contributed by atoms with Crippen molar-refractivity contribution in [2.45, 2.75) is 62.8 Å². The highest BCUT2D eigenvalue weighted by Gasteiger charge is 1.91. The van der Waals surface area contributed by atoms with E-state index in [1.165, 1.54) is 21.9 Å². The molecule has 4 aromatic rings. The number of hydrogen-bond donors (Lipinski definition) is 0. The summed E-state index contributed by atoms with van der Waals surface area (Å²) in [6, 6.07) is 37.5. The zero-order chi connectivity index (χ0) is 23.0. The van der Waals surface area contributed by atoms with Crippen molar-refractivity contribution in [2.24, 2.45) is 0 Å². The van der Waals surface area contributed by atoms with Gasteiger partial charge in [-0.25, -0.2) is 0 Å². The third-order valence-corrected chi connectivity index (χ3v) is 3.54. The Morgan fingerprint density at radius 1 is 0.290 bits per heavy atom. The van der Waals surface area contributed by atoms with Crippen molar-refractivity contribution in [3.63, 3.8) is 0 Å². The van der Waals surface area contributed by atoms with E-state index >= 15 is 0 Å². The first-order valence-electron chi connectivity index (χ1n) is 11.5. The summed E-state index contributed by atoms with van der Waals surface area (Å²) in [7, 11) is 0. The molecular formula is C31H46. The average Bonchev–Trinajstić information content (AvgIpc) is 2.90. The average molecular weight is 419 g/mol. The van der Waals surface area contributed by atoms with Gasteiger partial charge in [-0.2, -0.15) is 0 Å². The summed E-state index contributed by atoms with van der Waals surface area (Å²) >= 11 is 0. The molecule has 0 heterocycles. The Bertz CT molecular complexity index is 715. The minimum Gasteiger partial charge on any atom is -0.0776 e. The van der Waals surface area contributed by atoms with E-state index in [4.69, 9.17) is 0 Å². The molecule has 0 fully saturated rings. The molecule has 0 saturated heterocycles. The molecule has 0 aliphatic heterocycles. The van der Waals surface area contributed by atoms with Gasteiger partial charge in [-0.3, -0.25) is 0 Å². The fraction of sp³-hybridized carbons (Fsp3) is 0.290. The molecule has 0 aromatic heterocycles. The largest absolute Gasteiger partial charge is 0.0776 e. The van der Waals surface area contributed by atoms with E-state index in [-0.39, 0.29) is 7.43 Å². The Morgan fingerprint density at radius 3 is 0.710 bits per heavy atom. The van der Waals surface area contributed by atoms with Gasteiger partial charge in [0.05, 0.1) is 0 Å². The molecule has 0 spiro atoms. The van der Waals surface area contributed by atoms with Crippen molar-refractivity contribution in [1.29, 1.82) is 0 Å². The zero-order valence-electron chi connectivity index (χ0n) is 20.4. The molecule has 0 aliphatic rings. The van der Waals surface area contributed by atoms with E-state index in [9.17, 15) is 0 Å². The maximum Gasteiger partial charge on any atom is -0.0184 e. The molecule has 0 saturated carbocycles. The van der Waals surface area contributed by atoms with Gasteiger partial charge in [-0.15, -0.1) is 0 Å². The Hall–Kier alpha value is -2.86. The van der Waals surface area contributed by atoms with Gasteiger partial charge in [0, 0.05) is 0 Å². The molecule has 0 bridgehead atoms. The van der Waals surface area contributed by atoms with Gasteiger partial charge >= 0.3 is 0 Å². The molecule has 4 rings (SSSR count). The van der Waals surface area contributed by atoms with E-state index in [1.54, 1.807) is 0 Å². The molecule has 31 heavy (non-hydrogen) atoms. The van der Waals surface area contributed by atoms with Gasteiger partial charge in [0.2, 0.25) is 0 Å². The monoisotopic (exact) mass is 418 g/mol. The van der Waals surface area contributed by atoms with Crippen LogP contribution < -0.4 is 0 Å². The van der Waals surface area contributed by atoms with Crippen molar-refractivity contribution in [3.8, 4) is 11.1 Å². The lowest BCUT2D eigenvalue weighted by atomic mass is 10.1. The van der Waals surface area contributed by atoms with Gasteiger partial charge in [0.15, 0.2) is 0 Å². The van der Waals surface area contributed by atoms with E-state index in [1.807, 2.05) is 67.5 Å². The molecule has 0 heteroatoms. The lowest BCUT2D eigenvalue weighted by Crippen LogP contribution is -1.73. The second kappa shape index (κ2) is 25.2. The maximum atomic E-state index is 2.12. The highest BCUT2D eigenvalue weighted by molar-refractivity contribution is 5.82. The summed E-state index contributed by atoms with van der Waals surface area (Å²) < 4.78 is 0. The van der Waals surface area contributed by atoms with Gasteiger partial charge in [-0.1, -0.05) is 172 Å². The van der Waals surface area contributed by atoms with Crippen LogP contribution in [0.15, 0.2) is 109 Å². The quantitative estimate of drug-likeness (QED) is 0.288. The smallest absolute Gasteiger partial charge is 0.0184 e. The third kappa shape index (κ3) is 13.9. The number of rotatable bonds is 1. The second-order valence-electron chi connectivity index (χ2n) is 5.08.